The van der Waals surface area contributed by atoms with Crippen molar-refractivity contribution in [1.29, 1.82) is 0 Å². The van der Waals surface area contributed by atoms with Crippen molar-refractivity contribution in [3.63, 3.8) is 0 Å². The lowest BCUT2D eigenvalue weighted by Crippen LogP contribution is -2.36. The van der Waals surface area contributed by atoms with Gasteiger partial charge in [-0.2, -0.15) is 0 Å². The van der Waals surface area contributed by atoms with E-state index < -0.39 is 6.04 Å². The molecule has 0 fully saturated rings. The molecule has 3 nitrogen and oxygen atoms in total. The molecule has 0 radical (unpaired) electrons. The summed E-state index contributed by atoms with van der Waals surface area (Å²) in [5.41, 5.74) is 5.59. The Morgan fingerprint density at radius 3 is 1.85 bits per heavy atom. The lowest BCUT2D eigenvalue weighted by Gasteiger charge is -2.13. The van der Waals surface area contributed by atoms with Gasteiger partial charge in [-0.1, -0.05) is 27.7 Å². The van der Waals surface area contributed by atoms with Gasteiger partial charge in [0.15, 0.2) is 5.78 Å². The van der Waals surface area contributed by atoms with Gasteiger partial charge >= 0.3 is 0 Å². The minimum atomic E-state index is -0.616. The van der Waals surface area contributed by atoms with E-state index in [1.807, 2.05) is 13.8 Å². The van der Waals surface area contributed by atoms with E-state index >= 15 is 0 Å². The van der Waals surface area contributed by atoms with E-state index in [9.17, 15) is 9.59 Å². The van der Waals surface area contributed by atoms with E-state index in [4.69, 9.17) is 5.73 Å². The molecule has 0 spiro atoms. The van der Waals surface area contributed by atoms with Gasteiger partial charge in [0.1, 0.15) is 5.78 Å². The number of ketones is 2. The van der Waals surface area contributed by atoms with E-state index in [-0.39, 0.29) is 29.8 Å². The normalized spacial score (nSPS) is 13.5. The third-order valence-corrected chi connectivity index (χ3v) is 2.00. The van der Waals surface area contributed by atoms with E-state index in [2.05, 4.69) is 0 Å². The molecule has 0 saturated heterocycles. The Morgan fingerprint density at radius 1 is 1.08 bits per heavy atom. The summed E-state index contributed by atoms with van der Waals surface area (Å²) in [5.74, 6) is -0.100. The summed E-state index contributed by atoms with van der Waals surface area (Å²) < 4.78 is 0. The number of rotatable bonds is 5. The lowest BCUT2D eigenvalue weighted by atomic mass is 9.95. The summed E-state index contributed by atoms with van der Waals surface area (Å²) >= 11 is 0. The summed E-state index contributed by atoms with van der Waals surface area (Å²) in [6.07, 6.45) is 0.175. The largest absolute Gasteiger partial charge is 0.321 e. The zero-order chi connectivity index (χ0) is 10.6. The smallest absolute Gasteiger partial charge is 0.152 e. The summed E-state index contributed by atoms with van der Waals surface area (Å²) in [6.45, 7) is 7.22. The van der Waals surface area contributed by atoms with E-state index in [1.54, 1.807) is 13.8 Å². The Balaban J connectivity index is 4.08. The highest BCUT2D eigenvalue weighted by Gasteiger charge is 2.20. The number of Topliss-reactive ketones (excluding diaryl/α,β-unsaturated/α-hetero) is 2. The van der Waals surface area contributed by atoms with Gasteiger partial charge in [-0.3, -0.25) is 9.59 Å². The zero-order valence-electron chi connectivity index (χ0n) is 8.83. The molecular formula is C10H19NO2. The Kier molecular flexibility index (Phi) is 4.85. The standard InChI is InChI=1S/C10H19NO2/c1-6(2)9(12)5-8(11)10(13)7(3)4/h6-8H,5,11H2,1-4H3/t8-/m0/s1. The number of nitrogens with two attached hydrogens (primary N) is 1. The van der Waals surface area contributed by atoms with Crippen molar-refractivity contribution in [3.8, 4) is 0 Å². The van der Waals surface area contributed by atoms with Crippen LogP contribution in [0.15, 0.2) is 0 Å². The minimum Gasteiger partial charge on any atom is -0.321 e. The molecule has 0 aromatic rings. The van der Waals surface area contributed by atoms with Crippen LogP contribution < -0.4 is 5.73 Å². The van der Waals surface area contributed by atoms with Gasteiger partial charge in [0.2, 0.25) is 0 Å². The van der Waals surface area contributed by atoms with Crippen LogP contribution in [0.25, 0.3) is 0 Å². The third-order valence-electron chi connectivity index (χ3n) is 2.00. The predicted octanol–water partition coefficient (Wildman–Crippen LogP) is 1.15. The summed E-state index contributed by atoms with van der Waals surface area (Å²) in [5, 5.41) is 0. The van der Waals surface area contributed by atoms with Crippen LogP contribution in [-0.2, 0) is 9.59 Å². The Labute approximate surface area is 79.7 Å². The molecular weight excluding hydrogens is 166 g/mol. The van der Waals surface area contributed by atoms with Crippen molar-refractivity contribution >= 4 is 11.6 Å². The Bertz CT molecular complexity index is 197. The van der Waals surface area contributed by atoms with Gasteiger partial charge in [-0.05, 0) is 0 Å². The first-order chi connectivity index (χ1) is 5.86. The second kappa shape index (κ2) is 5.12. The van der Waals surface area contributed by atoms with Gasteiger partial charge < -0.3 is 5.73 Å². The maximum Gasteiger partial charge on any atom is 0.152 e. The third kappa shape index (κ3) is 4.18. The van der Waals surface area contributed by atoms with Gasteiger partial charge in [-0.15, -0.1) is 0 Å². The van der Waals surface area contributed by atoms with Crippen molar-refractivity contribution in [1.82, 2.24) is 0 Å². The molecule has 2 N–H and O–H groups in total. The summed E-state index contributed by atoms with van der Waals surface area (Å²) in [6, 6.07) is -0.616. The topological polar surface area (TPSA) is 60.2 Å². The second-order valence-corrected chi connectivity index (χ2v) is 3.99. The molecule has 0 heterocycles. The van der Waals surface area contributed by atoms with E-state index in [0.717, 1.165) is 0 Å². The molecule has 3 heteroatoms. The average molecular weight is 185 g/mol. The molecule has 0 aliphatic rings. The average Bonchev–Trinajstić information content (AvgIpc) is 2.02. The van der Waals surface area contributed by atoms with Gasteiger partial charge in [0.05, 0.1) is 6.04 Å². The highest BCUT2D eigenvalue weighted by Crippen LogP contribution is 2.05. The molecule has 13 heavy (non-hydrogen) atoms. The maximum atomic E-state index is 11.3. The molecule has 76 valence electrons. The monoisotopic (exact) mass is 185 g/mol. The van der Waals surface area contributed by atoms with Crippen LogP contribution in [0.2, 0.25) is 0 Å². The first-order valence-electron chi connectivity index (χ1n) is 4.68. The SMILES string of the molecule is CC(C)C(=O)C[C@H](N)C(=O)C(C)C. The lowest BCUT2D eigenvalue weighted by molar-refractivity contribution is -0.128. The molecule has 0 rings (SSSR count). The van der Waals surface area contributed by atoms with Crippen molar-refractivity contribution < 1.29 is 9.59 Å². The van der Waals surface area contributed by atoms with Crippen molar-refractivity contribution in [2.45, 2.75) is 40.2 Å². The first kappa shape index (κ1) is 12.3. The fourth-order valence-corrected chi connectivity index (χ4v) is 0.981. The highest BCUT2D eigenvalue weighted by atomic mass is 16.1. The molecule has 0 amide bonds. The van der Waals surface area contributed by atoms with Crippen LogP contribution >= 0.6 is 0 Å². The van der Waals surface area contributed by atoms with Crippen LogP contribution in [0.3, 0.4) is 0 Å². The fraction of sp³-hybridized carbons (Fsp3) is 0.800. The van der Waals surface area contributed by atoms with Gasteiger partial charge in [0, 0.05) is 18.3 Å². The van der Waals surface area contributed by atoms with Crippen molar-refractivity contribution in [2.24, 2.45) is 17.6 Å². The molecule has 0 aromatic carbocycles. The second-order valence-electron chi connectivity index (χ2n) is 3.99. The summed E-state index contributed by atoms with van der Waals surface area (Å²) in [7, 11) is 0. The zero-order valence-corrected chi connectivity index (χ0v) is 8.83. The van der Waals surface area contributed by atoms with E-state index in [0.29, 0.717) is 0 Å². The number of hydrogen-bond donors (Lipinski definition) is 1. The van der Waals surface area contributed by atoms with Gasteiger partial charge in [-0.25, -0.2) is 0 Å². The number of carbonyl (C=O) groups is 2. The molecule has 1 atom stereocenters. The van der Waals surface area contributed by atoms with Crippen molar-refractivity contribution in [3.05, 3.63) is 0 Å². The minimum absolute atomic E-state index is 0.0333. The first-order valence-corrected chi connectivity index (χ1v) is 4.68. The fourth-order valence-electron chi connectivity index (χ4n) is 0.981. The quantitative estimate of drug-likeness (QED) is 0.699. The van der Waals surface area contributed by atoms with Crippen LogP contribution in [0.1, 0.15) is 34.1 Å². The predicted molar refractivity (Wildman–Crippen MR) is 52.3 cm³/mol. The Hall–Kier alpha value is -0.700. The highest BCUT2D eigenvalue weighted by molar-refractivity contribution is 5.91. The molecule has 0 bridgehead atoms. The maximum absolute atomic E-state index is 11.3. The molecule has 0 saturated carbocycles. The van der Waals surface area contributed by atoms with E-state index in [1.165, 1.54) is 0 Å². The molecule has 0 unspecified atom stereocenters. The summed E-state index contributed by atoms with van der Waals surface area (Å²) in [4.78, 5) is 22.6. The van der Waals surface area contributed by atoms with Crippen LogP contribution in [0.5, 0.6) is 0 Å². The van der Waals surface area contributed by atoms with Crippen LogP contribution in [-0.4, -0.2) is 17.6 Å². The molecule has 0 aromatic heterocycles. The number of hydrogen-bond acceptors (Lipinski definition) is 3. The molecule has 0 aliphatic carbocycles. The Morgan fingerprint density at radius 2 is 1.54 bits per heavy atom. The number of carbonyl (C=O) groups excluding carboxylic acids is 2. The van der Waals surface area contributed by atoms with Crippen LogP contribution in [0, 0.1) is 11.8 Å². The molecule has 0 aliphatic heterocycles. The van der Waals surface area contributed by atoms with Gasteiger partial charge in [0.25, 0.3) is 0 Å². The van der Waals surface area contributed by atoms with Crippen molar-refractivity contribution in [2.75, 3.05) is 0 Å². The van der Waals surface area contributed by atoms with Crippen LogP contribution in [0.4, 0.5) is 0 Å².